The summed E-state index contributed by atoms with van der Waals surface area (Å²) < 4.78 is 16.8. The van der Waals surface area contributed by atoms with Crippen LogP contribution >= 0.6 is 0 Å². The lowest BCUT2D eigenvalue weighted by atomic mass is 10.0. The fourth-order valence-corrected chi connectivity index (χ4v) is 8.03. The number of allylic oxidation sites excluding steroid dienone is 4. The number of rotatable bonds is 50. The highest BCUT2D eigenvalue weighted by atomic mass is 16.6. The molecule has 1 unspecified atom stereocenters. The molecule has 0 radical (unpaired) electrons. The highest BCUT2D eigenvalue weighted by molar-refractivity contribution is 5.71. The van der Waals surface area contributed by atoms with E-state index in [1.165, 1.54) is 199 Å². The average Bonchev–Trinajstić information content (AvgIpc) is 3.27. The van der Waals surface area contributed by atoms with Gasteiger partial charge in [0.25, 0.3) is 0 Å². The third-order valence-electron chi connectivity index (χ3n) is 12.2. The van der Waals surface area contributed by atoms with Gasteiger partial charge >= 0.3 is 17.9 Å². The third kappa shape index (κ3) is 48.9. The van der Waals surface area contributed by atoms with Gasteiger partial charge in [0.2, 0.25) is 0 Å². The summed E-state index contributed by atoms with van der Waals surface area (Å²) in [5, 5.41) is 0. The molecule has 0 amide bonds. The quantitative estimate of drug-likeness (QED) is 0.0262. The number of esters is 3. The van der Waals surface area contributed by atoms with Gasteiger partial charge in [-0.05, 0) is 64.2 Å². The maximum Gasteiger partial charge on any atom is 0.306 e. The summed E-state index contributed by atoms with van der Waals surface area (Å²) in [4.78, 5) is 37.9. The predicted molar refractivity (Wildman–Crippen MR) is 266 cm³/mol. The van der Waals surface area contributed by atoms with Crippen molar-refractivity contribution in [2.75, 3.05) is 13.2 Å². The van der Waals surface area contributed by atoms with Gasteiger partial charge in [0.15, 0.2) is 6.10 Å². The van der Waals surface area contributed by atoms with Crippen molar-refractivity contribution in [2.45, 2.75) is 303 Å². The van der Waals surface area contributed by atoms with Gasteiger partial charge in [-0.3, -0.25) is 14.4 Å². The smallest absolute Gasteiger partial charge is 0.306 e. The minimum Gasteiger partial charge on any atom is -0.462 e. The lowest BCUT2D eigenvalue weighted by Gasteiger charge is -2.18. The molecule has 62 heavy (non-hydrogen) atoms. The lowest BCUT2D eigenvalue weighted by molar-refractivity contribution is -0.167. The topological polar surface area (TPSA) is 78.9 Å². The molecule has 0 spiro atoms. The maximum absolute atomic E-state index is 12.8. The summed E-state index contributed by atoms with van der Waals surface area (Å²) in [6, 6.07) is 0. The van der Waals surface area contributed by atoms with E-state index in [0.29, 0.717) is 19.3 Å². The Bertz CT molecular complexity index is 1000. The average molecular weight is 873 g/mol. The molecule has 0 saturated carbocycles. The zero-order valence-electron chi connectivity index (χ0n) is 41.7. The van der Waals surface area contributed by atoms with Crippen LogP contribution in [0.4, 0.5) is 0 Å². The molecule has 0 aromatic heterocycles. The van der Waals surface area contributed by atoms with E-state index in [9.17, 15) is 14.4 Å². The van der Waals surface area contributed by atoms with Crippen LogP contribution in [0.5, 0.6) is 0 Å². The van der Waals surface area contributed by atoms with Gasteiger partial charge in [-0.25, -0.2) is 0 Å². The molecular weight excluding hydrogens is 769 g/mol. The van der Waals surface area contributed by atoms with E-state index >= 15 is 0 Å². The fraction of sp³-hybridized carbons (Fsp3) is 0.875. The van der Waals surface area contributed by atoms with Crippen molar-refractivity contribution in [2.24, 2.45) is 0 Å². The van der Waals surface area contributed by atoms with Crippen LogP contribution in [0.15, 0.2) is 24.3 Å². The number of unbranched alkanes of at least 4 members (excludes halogenated alkanes) is 35. The second kappa shape index (κ2) is 51.5. The molecule has 0 aliphatic rings. The number of carbonyl (C=O) groups excluding carboxylic acids is 3. The van der Waals surface area contributed by atoms with Crippen molar-refractivity contribution in [3.63, 3.8) is 0 Å². The largest absolute Gasteiger partial charge is 0.462 e. The van der Waals surface area contributed by atoms with Gasteiger partial charge in [-0.1, -0.05) is 238 Å². The van der Waals surface area contributed by atoms with E-state index in [4.69, 9.17) is 14.2 Å². The molecule has 0 heterocycles. The first-order chi connectivity index (χ1) is 30.5. The summed E-state index contributed by atoms with van der Waals surface area (Å²) in [5.41, 5.74) is 0. The van der Waals surface area contributed by atoms with Gasteiger partial charge in [-0.2, -0.15) is 0 Å². The Morgan fingerprint density at radius 1 is 0.306 bits per heavy atom. The second-order valence-electron chi connectivity index (χ2n) is 18.5. The van der Waals surface area contributed by atoms with Crippen molar-refractivity contribution >= 4 is 17.9 Å². The Morgan fingerprint density at radius 2 is 0.548 bits per heavy atom. The SMILES string of the molecule is CCCCCC/C=C\CCCC(=O)OCC(COC(=O)CCCCCCCCC/C=C\CCCCCCCCCC)OC(=O)CCCCCCCCCCCCCCCCCC. The highest BCUT2D eigenvalue weighted by Crippen LogP contribution is 2.16. The summed E-state index contributed by atoms with van der Waals surface area (Å²) in [6.07, 6.45) is 58.9. The van der Waals surface area contributed by atoms with Gasteiger partial charge in [0, 0.05) is 19.3 Å². The van der Waals surface area contributed by atoms with Gasteiger partial charge in [0.05, 0.1) is 0 Å². The Hall–Kier alpha value is -2.11. The van der Waals surface area contributed by atoms with Crippen LogP contribution in [0.25, 0.3) is 0 Å². The van der Waals surface area contributed by atoms with Crippen LogP contribution in [0.2, 0.25) is 0 Å². The molecule has 0 fully saturated rings. The van der Waals surface area contributed by atoms with Gasteiger partial charge < -0.3 is 14.2 Å². The van der Waals surface area contributed by atoms with Crippen molar-refractivity contribution in [1.29, 1.82) is 0 Å². The first kappa shape index (κ1) is 59.9. The number of carbonyl (C=O) groups is 3. The molecule has 0 N–H and O–H groups in total. The highest BCUT2D eigenvalue weighted by Gasteiger charge is 2.19. The van der Waals surface area contributed by atoms with Gasteiger partial charge in [0.1, 0.15) is 13.2 Å². The van der Waals surface area contributed by atoms with Crippen LogP contribution in [0.3, 0.4) is 0 Å². The fourth-order valence-electron chi connectivity index (χ4n) is 8.03. The van der Waals surface area contributed by atoms with Crippen molar-refractivity contribution < 1.29 is 28.6 Å². The molecule has 0 saturated heterocycles. The minimum atomic E-state index is -0.778. The van der Waals surface area contributed by atoms with E-state index in [1.807, 2.05) is 0 Å². The summed E-state index contributed by atoms with van der Waals surface area (Å²) in [6.45, 7) is 6.61. The van der Waals surface area contributed by atoms with E-state index in [0.717, 1.165) is 57.8 Å². The molecule has 1 atom stereocenters. The van der Waals surface area contributed by atoms with Gasteiger partial charge in [-0.15, -0.1) is 0 Å². The van der Waals surface area contributed by atoms with E-state index < -0.39 is 6.10 Å². The van der Waals surface area contributed by atoms with Crippen LogP contribution in [-0.2, 0) is 28.6 Å². The number of hydrogen-bond donors (Lipinski definition) is 0. The molecule has 0 aromatic carbocycles. The second-order valence-corrected chi connectivity index (χ2v) is 18.5. The van der Waals surface area contributed by atoms with Crippen LogP contribution in [-0.4, -0.2) is 37.2 Å². The van der Waals surface area contributed by atoms with E-state index in [-0.39, 0.29) is 31.1 Å². The molecule has 0 rings (SSSR count). The van der Waals surface area contributed by atoms with Crippen LogP contribution < -0.4 is 0 Å². The Labute approximate surface area is 385 Å². The Morgan fingerprint density at radius 3 is 0.887 bits per heavy atom. The van der Waals surface area contributed by atoms with E-state index in [1.54, 1.807) is 0 Å². The molecule has 364 valence electrons. The molecule has 6 heteroatoms. The normalized spacial score (nSPS) is 12.1. The maximum atomic E-state index is 12.8. The predicted octanol–water partition coefficient (Wildman–Crippen LogP) is 17.9. The summed E-state index contributed by atoms with van der Waals surface area (Å²) in [5.74, 6) is -0.904. The molecule has 0 bridgehead atoms. The minimum absolute atomic E-state index is 0.0782. The third-order valence-corrected chi connectivity index (χ3v) is 12.2. The first-order valence-electron chi connectivity index (χ1n) is 27.3. The lowest BCUT2D eigenvalue weighted by Crippen LogP contribution is -2.30. The van der Waals surface area contributed by atoms with E-state index in [2.05, 4.69) is 45.1 Å². The Kier molecular flexibility index (Phi) is 49.8. The van der Waals surface area contributed by atoms with Crippen LogP contribution in [0.1, 0.15) is 297 Å². The molecule has 6 nitrogen and oxygen atoms in total. The summed E-state index contributed by atoms with van der Waals surface area (Å²) >= 11 is 0. The summed E-state index contributed by atoms with van der Waals surface area (Å²) in [7, 11) is 0. The molecule has 0 aromatic rings. The number of hydrogen-bond acceptors (Lipinski definition) is 6. The van der Waals surface area contributed by atoms with Crippen LogP contribution in [0, 0.1) is 0 Å². The standard InChI is InChI=1S/C56H104O6/c1-4-7-10-13-16-19-21-23-25-27-28-29-31-32-34-37-40-43-46-49-55(58)61-52-53(51-60-54(57)48-45-42-39-36-18-15-12-9-6-3)62-56(59)50-47-44-41-38-35-33-30-26-24-22-20-17-14-11-8-5-2/h27-28,36,39,53H,4-26,29-35,37-38,40-52H2,1-3H3/b28-27-,39-36-. The zero-order chi connectivity index (χ0) is 45.1. The Balaban J connectivity index is 4.27. The molecular formula is C56H104O6. The van der Waals surface area contributed by atoms with Crippen molar-refractivity contribution in [3.8, 4) is 0 Å². The van der Waals surface area contributed by atoms with Crippen molar-refractivity contribution in [1.82, 2.24) is 0 Å². The number of ether oxygens (including phenoxy) is 3. The van der Waals surface area contributed by atoms with Crippen molar-refractivity contribution in [3.05, 3.63) is 24.3 Å². The first-order valence-corrected chi connectivity index (χ1v) is 27.3. The molecule has 0 aliphatic carbocycles. The zero-order valence-corrected chi connectivity index (χ0v) is 41.7. The molecule has 0 aliphatic heterocycles. The monoisotopic (exact) mass is 873 g/mol.